The van der Waals surface area contributed by atoms with E-state index in [2.05, 4.69) is 0 Å². The summed E-state index contributed by atoms with van der Waals surface area (Å²) >= 11 is 0. The number of hydrogen-bond donors (Lipinski definition) is 0. The molecule has 3 heteroatoms. The molecule has 0 heterocycles. The third-order valence-electron chi connectivity index (χ3n) is 4.36. The van der Waals surface area contributed by atoms with Crippen molar-refractivity contribution < 1.29 is 13.5 Å². The van der Waals surface area contributed by atoms with Crippen molar-refractivity contribution in [3.63, 3.8) is 0 Å². The highest BCUT2D eigenvalue weighted by Crippen LogP contribution is 2.41. The van der Waals surface area contributed by atoms with Crippen molar-refractivity contribution >= 4 is 0 Å². The van der Waals surface area contributed by atoms with Crippen LogP contribution in [-0.4, -0.2) is 13.3 Å². The Morgan fingerprint density at radius 3 is 2.35 bits per heavy atom. The number of alkyl halides is 1. The quantitative estimate of drug-likeness (QED) is 0.617. The summed E-state index contributed by atoms with van der Waals surface area (Å²) in [6, 6.07) is 6.19. The zero-order valence-electron chi connectivity index (χ0n) is 12.0. The van der Waals surface area contributed by atoms with Gasteiger partial charge in [-0.25, -0.2) is 4.39 Å². The summed E-state index contributed by atoms with van der Waals surface area (Å²) in [6.45, 7) is 0.444. The standard InChI is InChI=1S/C17H24F2O/c18-13-5-4-12-17(10-2-1-3-11-17)14-20-16-8-6-15(19)7-9-16/h6-9H,1-5,10-14H2. The van der Waals surface area contributed by atoms with Gasteiger partial charge in [-0.15, -0.1) is 0 Å². The molecule has 0 amide bonds. The number of unbranched alkanes of at least 4 members (excludes halogenated alkanes) is 1. The van der Waals surface area contributed by atoms with Crippen LogP contribution in [0.2, 0.25) is 0 Å². The van der Waals surface area contributed by atoms with Gasteiger partial charge in [0.1, 0.15) is 11.6 Å². The van der Waals surface area contributed by atoms with E-state index in [0.717, 1.165) is 18.6 Å². The largest absolute Gasteiger partial charge is 0.493 e. The Kier molecular flexibility index (Phi) is 5.81. The van der Waals surface area contributed by atoms with Gasteiger partial charge in [-0.1, -0.05) is 25.7 Å². The summed E-state index contributed by atoms with van der Waals surface area (Å²) in [7, 11) is 0. The van der Waals surface area contributed by atoms with Crippen LogP contribution in [0.5, 0.6) is 5.75 Å². The first-order valence-electron chi connectivity index (χ1n) is 7.68. The van der Waals surface area contributed by atoms with Gasteiger partial charge in [0.15, 0.2) is 0 Å². The van der Waals surface area contributed by atoms with Crippen molar-refractivity contribution in [2.75, 3.05) is 13.3 Å². The Morgan fingerprint density at radius 2 is 1.70 bits per heavy atom. The van der Waals surface area contributed by atoms with Crippen molar-refractivity contribution in [1.29, 1.82) is 0 Å². The average Bonchev–Trinajstić information content (AvgIpc) is 2.48. The molecule has 0 aliphatic heterocycles. The summed E-state index contributed by atoms with van der Waals surface area (Å²) < 4.78 is 31.0. The molecule has 0 spiro atoms. The fourth-order valence-corrected chi connectivity index (χ4v) is 3.13. The predicted octanol–water partition coefficient (Wildman–Crippen LogP) is 5.29. The lowest BCUT2D eigenvalue weighted by molar-refractivity contribution is 0.0838. The smallest absolute Gasteiger partial charge is 0.123 e. The molecule has 0 radical (unpaired) electrons. The van der Waals surface area contributed by atoms with Crippen molar-refractivity contribution in [2.24, 2.45) is 5.41 Å². The monoisotopic (exact) mass is 282 g/mol. The molecule has 20 heavy (non-hydrogen) atoms. The molecular weight excluding hydrogens is 258 g/mol. The maximum absolute atomic E-state index is 12.9. The molecule has 1 aliphatic carbocycles. The van der Waals surface area contributed by atoms with Crippen LogP contribution in [0.3, 0.4) is 0 Å². The number of rotatable bonds is 7. The average molecular weight is 282 g/mol. The van der Waals surface area contributed by atoms with Crippen LogP contribution in [0.15, 0.2) is 24.3 Å². The van der Waals surface area contributed by atoms with E-state index < -0.39 is 0 Å². The van der Waals surface area contributed by atoms with Crippen LogP contribution in [0.4, 0.5) is 8.78 Å². The van der Waals surface area contributed by atoms with Gasteiger partial charge < -0.3 is 4.74 Å². The Labute approximate surface area is 120 Å². The van der Waals surface area contributed by atoms with Crippen LogP contribution in [0.25, 0.3) is 0 Å². The molecule has 1 nitrogen and oxygen atoms in total. The van der Waals surface area contributed by atoms with Gasteiger partial charge in [-0.2, -0.15) is 0 Å². The van der Waals surface area contributed by atoms with Gasteiger partial charge >= 0.3 is 0 Å². The lowest BCUT2D eigenvalue weighted by atomic mass is 9.71. The van der Waals surface area contributed by atoms with E-state index in [9.17, 15) is 8.78 Å². The Morgan fingerprint density at radius 1 is 1.00 bits per heavy atom. The number of hydrogen-bond acceptors (Lipinski definition) is 1. The zero-order valence-corrected chi connectivity index (χ0v) is 12.0. The van der Waals surface area contributed by atoms with Crippen molar-refractivity contribution in [3.8, 4) is 5.75 Å². The summed E-state index contributed by atoms with van der Waals surface area (Å²) in [4.78, 5) is 0. The van der Waals surface area contributed by atoms with Gasteiger partial charge in [0.25, 0.3) is 0 Å². The maximum atomic E-state index is 12.9. The fourth-order valence-electron chi connectivity index (χ4n) is 3.13. The highest BCUT2D eigenvalue weighted by atomic mass is 19.1. The highest BCUT2D eigenvalue weighted by Gasteiger charge is 2.32. The van der Waals surface area contributed by atoms with Gasteiger partial charge in [0.2, 0.25) is 0 Å². The van der Waals surface area contributed by atoms with Crippen LogP contribution in [0, 0.1) is 11.2 Å². The summed E-state index contributed by atoms with van der Waals surface area (Å²) in [5, 5.41) is 0. The normalized spacial score (nSPS) is 17.9. The molecule has 0 unspecified atom stereocenters. The van der Waals surface area contributed by atoms with Crippen LogP contribution >= 0.6 is 0 Å². The van der Waals surface area contributed by atoms with Gasteiger partial charge in [0.05, 0.1) is 13.3 Å². The third kappa shape index (κ3) is 4.46. The minimum absolute atomic E-state index is 0.196. The second-order valence-corrected chi connectivity index (χ2v) is 5.95. The molecule has 1 fully saturated rings. The van der Waals surface area contributed by atoms with Crippen molar-refractivity contribution in [1.82, 2.24) is 0 Å². The molecule has 112 valence electrons. The number of benzene rings is 1. The minimum Gasteiger partial charge on any atom is -0.493 e. The lowest BCUT2D eigenvalue weighted by Crippen LogP contribution is -2.31. The van der Waals surface area contributed by atoms with Gasteiger partial charge in [-0.05, 0) is 49.9 Å². The van der Waals surface area contributed by atoms with Gasteiger partial charge in [0, 0.05) is 5.41 Å². The lowest BCUT2D eigenvalue weighted by Gasteiger charge is -2.37. The molecule has 0 bridgehead atoms. The summed E-state index contributed by atoms with van der Waals surface area (Å²) in [5.41, 5.74) is 0.196. The highest BCUT2D eigenvalue weighted by molar-refractivity contribution is 5.22. The van der Waals surface area contributed by atoms with Crippen LogP contribution in [-0.2, 0) is 0 Å². The predicted molar refractivity (Wildman–Crippen MR) is 77.2 cm³/mol. The molecule has 0 N–H and O–H groups in total. The van der Waals surface area contributed by atoms with Gasteiger partial charge in [-0.3, -0.25) is 4.39 Å². The molecule has 1 aromatic carbocycles. The van der Waals surface area contributed by atoms with E-state index in [1.165, 1.54) is 44.2 Å². The number of halogens is 2. The topological polar surface area (TPSA) is 9.23 Å². The molecule has 0 atom stereocenters. The minimum atomic E-state index is -0.243. The molecule has 2 rings (SSSR count). The van der Waals surface area contributed by atoms with Crippen LogP contribution < -0.4 is 4.74 Å². The molecule has 1 aliphatic rings. The van der Waals surface area contributed by atoms with Crippen LogP contribution in [0.1, 0.15) is 51.4 Å². The Hall–Kier alpha value is -1.12. The molecule has 1 aromatic rings. The summed E-state index contributed by atoms with van der Waals surface area (Å²) in [6.07, 6.45) is 8.73. The molecule has 0 aromatic heterocycles. The zero-order chi connectivity index (χ0) is 14.3. The Balaban J connectivity index is 1.91. The fraction of sp³-hybridized carbons (Fsp3) is 0.647. The molecule has 1 saturated carbocycles. The summed E-state index contributed by atoms with van der Waals surface area (Å²) in [5.74, 6) is 0.481. The van der Waals surface area contributed by atoms with E-state index in [1.807, 2.05) is 0 Å². The SMILES string of the molecule is FCCCCC1(COc2ccc(F)cc2)CCCCC1. The molecule has 0 saturated heterocycles. The first-order valence-corrected chi connectivity index (χ1v) is 7.68. The van der Waals surface area contributed by atoms with E-state index in [4.69, 9.17) is 4.74 Å². The molecular formula is C17H24F2O. The van der Waals surface area contributed by atoms with E-state index in [1.54, 1.807) is 12.1 Å². The van der Waals surface area contributed by atoms with E-state index in [-0.39, 0.29) is 17.9 Å². The maximum Gasteiger partial charge on any atom is 0.123 e. The van der Waals surface area contributed by atoms with Crippen molar-refractivity contribution in [2.45, 2.75) is 51.4 Å². The van der Waals surface area contributed by atoms with E-state index >= 15 is 0 Å². The second-order valence-electron chi connectivity index (χ2n) is 5.95. The number of ether oxygens (including phenoxy) is 1. The first-order chi connectivity index (χ1) is 9.74. The first kappa shape index (κ1) is 15.3. The Bertz CT molecular complexity index is 382. The second kappa shape index (κ2) is 7.61. The van der Waals surface area contributed by atoms with Crippen molar-refractivity contribution in [3.05, 3.63) is 30.1 Å². The third-order valence-corrected chi connectivity index (χ3v) is 4.36. The van der Waals surface area contributed by atoms with E-state index in [0.29, 0.717) is 13.0 Å².